The van der Waals surface area contributed by atoms with Gasteiger partial charge in [0.05, 0.1) is 6.10 Å². The van der Waals surface area contributed by atoms with Crippen molar-refractivity contribution in [3.8, 4) is 0 Å². The second-order valence-electron chi connectivity index (χ2n) is 2.94. The topological polar surface area (TPSA) is 89.9 Å². The Morgan fingerprint density at radius 1 is 1.54 bits per heavy atom. The predicted octanol–water partition coefficient (Wildman–Crippen LogP) is -1.15. The molecule has 1 heterocycles. The quantitative estimate of drug-likeness (QED) is 0.510. The summed E-state index contributed by atoms with van der Waals surface area (Å²) >= 11 is 0. The van der Waals surface area contributed by atoms with E-state index < -0.39 is 12.2 Å². The Morgan fingerprint density at radius 2 is 2.23 bits per heavy atom. The molecule has 0 saturated carbocycles. The third-order valence-corrected chi connectivity index (χ3v) is 1.91. The predicted molar refractivity (Wildman–Crippen MR) is 43.2 cm³/mol. The third kappa shape index (κ3) is 2.90. The number of hydrogen-bond donors (Lipinski definition) is 3. The number of aliphatic hydroxyl groups is 1. The molecule has 1 saturated heterocycles. The van der Waals surface area contributed by atoms with E-state index in [0.29, 0.717) is 19.5 Å². The molecular weight excluding hydrogens is 176 g/mol. The average molecular weight is 188 g/mol. The Balaban J connectivity index is 2.27. The van der Waals surface area contributed by atoms with E-state index in [1.165, 1.54) is 4.90 Å². The molecule has 1 atom stereocenters. The second-order valence-corrected chi connectivity index (χ2v) is 2.94. The number of β-amino-alcohol motifs (C(OH)–C–C–N with tert-alkyl or cyclic N) is 1. The minimum Gasteiger partial charge on any atom is -0.465 e. The Hall–Kier alpha value is -1.30. The van der Waals surface area contributed by atoms with Crippen LogP contribution in [-0.2, 0) is 4.79 Å². The van der Waals surface area contributed by atoms with Gasteiger partial charge in [0, 0.05) is 13.1 Å². The molecule has 6 heteroatoms. The van der Waals surface area contributed by atoms with Crippen molar-refractivity contribution in [3.63, 3.8) is 0 Å². The van der Waals surface area contributed by atoms with E-state index in [2.05, 4.69) is 0 Å². The Labute approximate surface area is 75.1 Å². The van der Waals surface area contributed by atoms with Crippen molar-refractivity contribution in [2.75, 3.05) is 19.6 Å². The van der Waals surface area contributed by atoms with Crippen LogP contribution in [0, 0.1) is 0 Å². The van der Waals surface area contributed by atoms with Gasteiger partial charge < -0.3 is 20.4 Å². The van der Waals surface area contributed by atoms with Crippen LogP contribution in [0.4, 0.5) is 4.79 Å². The highest BCUT2D eigenvalue weighted by molar-refractivity contribution is 5.81. The van der Waals surface area contributed by atoms with Gasteiger partial charge in [0.15, 0.2) is 0 Å². The zero-order valence-electron chi connectivity index (χ0n) is 7.06. The lowest BCUT2D eigenvalue weighted by Gasteiger charge is -2.14. The molecule has 0 aliphatic carbocycles. The van der Waals surface area contributed by atoms with Crippen LogP contribution in [0.1, 0.15) is 6.42 Å². The van der Waals surface area contributed by atoms with E-state index in [0.717, 1.165) is 0 Å². The van der Waals surface area contributed by atoms with E-state index in [4.69, 9.17) is 10.2 Å². The van der Waals surface area contributed by atoms with E-state index in [1.807, 2.05) is 5.32 Å². The molecule has 1 rings (SSSR count). The van der Waals surface area contributed by atoms with Gasteiger partial charge >= 0.3 is 6.09 Å². The SMILES string of the molecule is O=C(O)NCC(=O)N1CCC(O)C1. The first-order valence-electron chi connectivity index (χ1n) is 4.02. The van der Waals surface area contributed by atoms with Gasteiger partial charge in [0.1, 0.15) is 6.54 Å². The monoisotopic (exact) mass is 188 g/mol. The fraction of sp³-hybridized carbons (Fsp3) is 0.714. The minimum atomic E-state index is -1.21. The summed E-state index contributed by atoms with van der Waals surface area (Å²) in [6.07, 6.45) is -1.11. The maximum Gasteiger partial charge on any atom is 0.405 e. The molecule has 1 unspecified atom stereocenters. The number of amides is 2. The van der Waals surface area contributed by atoms with Crippen LogP contribution in [0.2, 0.25) is 0 Å². The lowest BCUT2D eigenvalue weighted by Crippen LogP contribution is -2.38. The van der Waals surface area contributed by atoms with Gasteiger partial charge in [-0.3, -0.25) is 4.79 Å². The Bertz CT molecular complexity index is 219. The summed E-state index contributed by atoms with van der Waals surface area (Å²) in [5.41, 5.74) is 0. The number of nitrogens with one attached hydrogen (secondary N) is 1. The van der Waals surface area contributed by atoms with Crippen LogP contribution in [0.25, 0.3) is 0 Å². The summed E-state index contributed by atoms with van der Waals surface area (Å²) in [6, 6.07) is 0. The molecular formula is C7H12N2O4. The zero-order chi connectivity index (χ0) is 9.84. The van der Waals surface area contributed by atoms with Crippen LogP contribution in [0.3, 0.4) is 0 Å². The molecule has 0 aromatic carbocycles. The molecule has 0 radical (unpaired) electrons. The van der Waals surface area contributed by atoms with Gasteiger partial charge in [-0.05, 0) is 6.42 Å². The molecule has 0 spiro atoms. The first kappa shape index (κ1) is 9.79. The van der Waals surface area contributed by atoms with E-state index in [1.54, 1.807) is 0 Å². The van der Waals surface area contributed by atoms with Crippen LogP contribution in [0.15, 0.2) is 0 Å². The van der Waals surface area contributed by atoms with E-state index in [-0.39, 0.29) is 12.5 Å². The van der Waals surface area contributed by atoms with Gasteiger partial charge in [0.25, 0.3) is 0 Å². The lowest BCUT2D eigenvalue weighted by atomic mass is 10.3. The first-order valence-corrected chi connectivity index (χ1v) is 4.02. The van der Waals surface area contributed by atoms with Crippen molar-refractivity contribution in [1.29, 1.82) is 0 Å². The molecule has 1 fully saturated rings. The highest BCUT2D eigenvalue weighted by Gasteiger charge is 2.24. The van der Waals surface area contributed by atoms with Crippen molar-refractivity contribution in [3.05, 3.63) is 0 Å². The second kappa shape index (κ2) is 4.08. The number of carbonyl (C=O) groups excluding carboxylic acids is 1. The molecule has 74 valence electrons. The normalized spacial score (nSPS) is 21.6. The van der Waals surface area contributed by atoms with Crippen molar-refractivity contribution >= 4 is 12.0 Å². The van der Waals surface area contributed by atoms with Gasteiger partial charge in [-0.15, -0.1) is 0 Å². The molecule has 1 aliphatic rings. The molecule has 0 aromatic rings. The number of likely N-dealkylation sites (tertiary alicyclic amines) is 1. The summed E-state index contributed by atoms with van der Waals surface area (Å²) in [5, 5.41) is 19.3. The number of nitrogens with zero attached hydrogens (tertiary/aromatic N) is 1. The fourth-order valence-corrected chi connectivity index (χ4v) is 1.23. The van der Waals surface area contributed by atoms with Gasteiger partial charge in [0.2, 0.25) is 5.91 Å². The molecule has 13 heavy (non-hydrogen) atoms. The average Bonchev–Trinajstić information content (AvgIpc) is 2.47. The molecule has 3 N–H and O–H groups in total. The molecule has 0 bridgehead atoms. The number of aliphatic hydroxyl groups excluding tert-OH is 1. The van der Waals surface area contributed by atoms with E-state index in [9.17, 15) is 9.59 Å². The van der Waals surface area contributed by atoms with Crippen LogP contribution < -0.4 is 5.32 Å². The van der Waals surface area contributed by atoms with Gasteiger partial charge in [-0.2, -0.15) is 0 Å². The summed E-state index contributed by atoms with van der Waals surface area (Å²) in [7, 11) is 0. The van der Waals surface area contributed by atoms with Crippen molar-refractivity contribution in [1.82, 2.24) is 10.2 Å². The summed E-state index contributed by atoms with van der Waals surface area (Å²) in [5.74, 6) is -0.293. The summed E-state index contributed by atoms with van der Waals surface area (Å²) < 4.78 is 0. The zero-order valence-corrected chi connectivity index (χ0v) is 7.06. The standard InChI is InChI=1S/C7H12N2O4/c10-5-1-2-9(4-5)6(11)3-8-7(12)13/h5,8,10H,1-4H2,(H,12,13). The number of hydrogen-bond acceptors (Lipinski definition) is 3. The van der Waals surface area contributed by atoms with Gasteiger partial charge in [-0.1, -0.05) is 0 Å². The fourth-order valence-electron chi connectivity index (χ4n) is 1.23. The highest BCUT2D eigenvalue weighted by atomic mass is 16.4. The van der Waals surface area contributed by atoms with Crippen LogP contribution in [-0.4, -0.2) is 52.9 Å². The van der Waals surface area contributed by atoms with Crippen LogP contribution >= 0.6 is 0 Å². The largest absolute Gasteiger partial charge is 0.465 e. The maximum atomic E-state index is 11.2. The number of carboxylic acid groups (broad SMARTS) is 1. The van der Waals surface area contributed by atoms with Crippen molar-refractivity contribution in [2.24, 2.45) is 0 Å². The molecule has 0 aromatic heterocycles. The summed E-state index contributed by atoms with van der Waals surface area (Å²) in [4.78, 5) is 22.7. The highest BCUT2D eigenvalue weighted by Crippen LogP contribution is 2.07. The molecule has 2 amide bonds. The van der Waals surface area contributed by atoms with Gasteiger partial charge in [-0.25, -0.2) is 4.79 Å². The number of carbonyl (C=O) groups is 2. The van der Waals surface area contributed by atoms with Crippen molar-refractivity contribution in [2.45, 2.75) is 12.5 Å². The minimum absolute atomic E-state index is 0.220. The third-order valence-electron chi connectivity index (χ3n) is 1.91. The lowest BCUT2D eigenvalue weighted by molar-refractivity contribution is -0.129. The van der Waals surface area contributed by atoms with Crippen molar-refractivity contribution < 1.29 is 19.8 Å². The first-order chi connectivity index (χ1) is 6.09. The maximum absolute atomic E-state index is 11.2. The molecule has 6 nitrogen and oxygen atoms in total. The summed E-state index contributed by atoms with van der Waals surface area (Å²) in [6.45, 7) is 0.587. The Kier molecular flexibility index (Phi) is 3.07. The van der Waals surface area contributed by atoms with Crippen LogP contribution in [0.5, 0.6) is 0 Å². The smallest absolute Gasteiger partial charge is 0.405 e. The Morgan fingerprint density at radius 3 is 2.69 bits per heavy atom. The molecule has 1 aliphatic heterocycles. The number of rotatable bonds is 2. The van der Waals surface area contributed by atoms with E-state index >= 15 is 0 Å².